The van der Waals surface area contributed by atoms with Crippen molar-refractivity contribution in [2.45, 2.75) is 26.1 Å². The van der Waals surface area contributed by atoms with Crippen LogP contribution in [0.4, 0.5) is 20.6 Å². The molecule has 1 aliphatic rings. The van der Waals surface area contributed by atoms with Crippen LogP contribution in [-0.2, 0) is 17.1 Å². The van der Waals surface area contributed by atoms with E-state index in [0.29, 0.717) is 21.4 Å². The summed E-state index contributed by atoms with van der Waals surface area (Å²) in [6.07, 6.45) is 0. The van der Waals surface area contributed by atoms with Crippen LogP contribution < -0.4 is 15.5 Å². The molecule has 8 heteroatoms. The van der Waals surface area contributed by atoms with Gasteiger partial charge in [-0.2, -0.15) is 0 Å². The van der Waals surface area contributed by atoms with E-state index in [2.05, 4.69) is 26.6 Å². The number of nitrogens with one attached hydrogen (secondary N) is 2. The second-order valence-corrected chi connectivity index (χ2v) is 8.62. The number of nitrogens with zero attached hydrogens (tertiary/aromatic N) is 1. The van der Waals surface area contributed by atoms with Gasteiger partial charge in [0.2, 0.25) is 0 Å². The van der Waals surface area contributed by atoms with Gasteiger partial charge in [-0.25, -0.2) is 9.18 Å². The Morgan fingerprint density at radius 3 is 2.50 bits per heavy atom. The van der Waals surface area contributed by atoms with E-state index in [-0.39, 0.29) is 17.9 Å². The van der Waals surface area contributed by atoms with Crippen molar-refractivity contribution >= 4 is 39.2 Å². The first-order chi connectivity index (χ1) is 15.2. The number of benzene rings is 3. The van der Waals surface area contributed by atoms with Crippen molar-refractivity contribution in [3.05, 3.63) is 93.2 Å². The molecule has 3 N–H and O–H groups in total. The molecular weight excluding hydrogens is 477 g/mol. The predicted octanol–water partition coefficient (Wildman–Crippen LogP) is 4.72. The quantitative estimate of drug-likeness (QED) is 0.487. The number of amides is 3. The first kappa shape index (κ1) is 22.0. The van der Waals surface area contributed by atoms with E-state index in [1.54, 1.807) is 42.5 Å². The minimum absolute atomic E-state index is 0.0488. The molecule has 0 aromatic heterocycles. The standard InChI is InChI=1S/C24H21BrFN3O3/c1-14-3-9-19(11-15(14)2)29-23(31)28-21-10-6-17(25)12-20(21)24(29,32)22(30)27-13-16-4-7-18(26)8-5-16/h3-12,32H,13H2,1-2H3,(H,27,30)(H,28,31)/t24-/m0/s1. The molecule has 0 aliphatic carbocycles. The predicted molar refractivity (Wildman–Crippen MR) is 124 cm³/mol. The number of carbonyl (C=O) groups is 2. The van der Waals surface area contributed by atoms with Gasteiger partial charge in [0.05, 0.1) is 5.69 Å². The Morgan fingerprint density at radius 1 is 1.09 bits per heavy atom. The Balaban J connectivity index is 1.79. The molecule has 0 bridgehead atoms. The van der Waals surface area contributed by atoms with Gasteiger partial charge < -0.3 is 15.7 Å². The number of fused-ring (bicyclic) bond motifs is 1. The third-order valence-corrected chi connectivity index (χ3v) is 6.05. The van der Waals surface area contributed by atoms with E-state index in [1.165, 1.54) is 12.1 Å². The summed E-state index contributed by atoms with van der Waals surface area (Å²) in [5.74, 6) is -1.17. The van der Waals surface area contributed by atoms with E-state index < -0.39 is 17.7 Å². The maximum absolute atomic E-state index is 13.4. The Hall–Kier alpha value is -3.23. The van der Waals surface area contributed by atoms with Gasteiger partial charge in [0, 0.05) is 22.3 Å². The van der Waals surface area contributed by atoms with Crippen LogP contribution in [0.5, 0.6) is 0 Å². The zero-order chi connectivity index (χ0) is 23.0. The first-order valence-corrected chi connectivity index (χ1v) is 10.7. The molecular formula is C24H21BrFN3O3. The maximum atomic E-state index is 13.4. The number of halogens is 2. The van der Waals surface area contributed by atoms with Crippen molar-refractivity contribution in [1.82, 2.24) is 5.32 Å². The van der Waals surface area contributed by atoms with Crippen molar-refractivity contribution in [2.24, 2.45) is 0 Å². The van der Waals surface area contributed by atoms with Gasteiger partial charge in [-0.1, -0.05) is 34.1 Å². The summed E-state index contributed by atoms with van der Waals surface area (Å²) in [6.45, 7) is 3.87. The molecule has 32 heavy (non-hydrogen) atoms. The van der Waals surface area contributed by atoms with Crippen LogP contribution in [0.15, 0.2) is 65.1 Å². The number of aliphatic hydroxyl groups is 1. The van der Waals surface area contributed by atoms with Crippen molar-refractivity contribution < 1.29 is 19.1 Å². The number of hydrogen-bond acceptors (Lipinski definition) is 3. The fourth-order valence-electron chi connectivity index (χ4n) is 3.65. The van der Waals surface area contributed by atoms with E-state index >= 15 is 0 Å². The van der Waals surface area contributed by atoms with E-state index in [1.807, 2.05) is 19.9 Å². The molecule has 1 atom stereocenters. The number of rotatable bonds is 4. The Morgan fingerprint density at radius 2 is 1.81 bits per heavy atom. The summed E-state index contributed by atoms with van der Waals surface area (Å²) >= 11 is 3.38. The molecule has 1 heterocycles. The summed E-state index contributed by atoms with van der Waals surface area (Å²) in [4.78, 5) is 27.6. The lowest BCUT2D eigenvalue weighted by Gasteiger charge is -2.43. The largest absolute Gasteiger partial charge is 0.359 e. The number of carbonyl (C=O) groups excluding carboxylic acids is 2. The van der Waals surface area contributed by atoms with Crippen LogP contribution in [0.1, 0.15) is 22.3 Å². The lowest BCUT2D eigenvalue weighted by atomic mass is 9.94. The number of urea groups is 1. The smallest absolute Gasteiger partial charge is 0.329 e. The summed E-state index contributed by atoms with van der Waals surface area (Å²) in [6, 6.07) is 15.2. The highest BCUT2D eigenvalue weighted by atomic mass is 79.9. The SMILES string of the molecule is Cc1ccc(N2C(=O)Nc3ccc(Br)cc3[C@]2(O)C(=O)NCc2ccc(F)cc2)cc1C. The highest BCUT2D eigenvalue weighted by Crippen LogP contribution is 2.41. The van der Waals surface area contributed by atoms with Crippen molar-refractivity contribution in [1.29, 1.82) is 0 Å². The summed E-state index contributed by atoms with van der Waals surface area (Å²) in [5, 5.41) is 17.3. The Bertz CT molecular complexity index is 1220. The number of hydrogen-bond donors (Lipinski definition) is 3. The zero-order valence-corrected chi connectivity index (χ0v) is 19.0. The molecule has 3 aromatic carbocycles. The average Bonchev–Trinajstić information content (AvgIpc) is 2.76. The molecule has 4 rings (SSSR count). The van der Waals surface area contributed by atoms with Gasteiger partial charge in [0.15, 0.2) is 0 Å². The molecule has 0 spiro atoms. The Labute approximate surface area is 193 Å². The highest BCUT2D eigenvalue weighted by Gasteiger charge is 2.52. The normalized spacial score (nSPS) is 17.5. The first-order valence-electron chi connectivity index (χ1n) is 9.94. The van der Waals surface area contributed by atoms with Crippen LogP contribution in [0.25, 0.3) is 0 Å². The highest BCUT2D eigenvalue weighted by molar-refractivity contribution is 9.10. The van der Waals surface area contributed by atoms with Gasteiger partial charge in [-0.3, -0.25) is 9.69 Å². The van der Waals surface area contributed by atoms with Gasteiger partial charge >= 0.3 is 6.03 Å². The number of aryl methyl sites for hydroxylation is 2. The lowest BCUT2D eigenvalue weighted by molar-refractivity contribution is -0.140. The van der Waals surface area contributed by atoms with Gasteiger partial charge in [-0.05, 0) is 73.0 Å². The molecule has 0 fully saturated rings. The maximum Gasteiger partial charge on any atom is 0.329 e. The topological polar surface area (TPSA) is 81.7 Å². The number of anilines is 2. The molecule has 0 unspecified atom stereocenters. The second-order valence-electron chi connectivity index (χ2n) is 7.71. The molecule has 164 valence electrons. The van der Waals surface area contributed by atoms with Gasteiger partial charge in [0.1, 0.15) is 5.82 Å². The molecule has 0 radical (unpaired) electrons. The summed E-state index contributed by atoms with van der Waals surface area (Å²) in [5.41, 5.74) is 1.18. The van der Waals surface area contributed by atoms with E-state index in [9.17, 15) is 19.1 Å². The molecule has 0 saturated heterocycles. The minimum atomic E-state index is -2.32. The molecule has 0 saturated carbocycles. The van der Waals surface area contributed by atoms with Gasteiger partial charge in [-0.15, -0.1) is 0 Å². The molecule has 1 aliphatic heterocycles. The zero-order valence-electron chi connectivity index (χ0n) is 17.4. The van der Waals surface area contributed by atoms with Crippen LogP contribution in [0.2, 0.25) is 0 Å². The fourth-order valence-corrected chi connectivity index (χ4v) is 4.01. The summed E-state index contributed by atoms with van der Waals surface area (Å²) < 4.78 is 13.8. The molecule has 6 nitrogen and oxygen atoms in total. The van der Waals surface area contributed by atoms with E-state index in [0.717, 1.165) is 16.0 Å². The van der Waals surface area contributed by atoms with Crippen molar-refractivity contribution in [3.63, 3.8) is 0 Å². The minimum Gasteiger partial charge on any atom is -0.359 e. The second kappa shape index (κ2) is 8.37. The van der Waals surface area contributed by atoms with Gasteiger partial charge in [0.25, 0.3) is 11.6 Å². The monoisotopic (exact) mass is 497 g/mol. The molecule has 3 amide bonds. The third kappa shape index (κ3) is 3.87. The van der Waals surface area contributed by atoms with Crippen LogP contribution in [0.3, 0.4) is 0 Å². The average molecular weight is 498 g/mol. The van der Waals surface area contributed by atoms with Crippen LogP contribution in [-0.4, -0.2) is 17.0 Å². The van der Waals surface area contributed by atoms with Crippen LogP contribution >= 0.6 is 15.9 Å². The third-order valence-electron chi connectivity index (χ3n) is 5.56. The van der Waals surface area contributed by atoms with Crippen LogP contribution in [0, 0.1) is 19.7 Å². The lowest BCUT2D eigenvalue weighted by Crippen LogP contribution is -2.62. The summed E-state index contributed by atoms with van der Waals surface area (Å²) in [7, 11) is 0. The fraction of sp³-hybridized carbons (Fsp3) is 0.167. The Kier molecular flexibility index (Phi) is 5.75. The van der Waals surface area contributed by atoms with Crippen molar-refractivity contribution in [3.8, 4) is 0 Å². The molecule has 3 aromatic rings. The van der Waals surface area contributed by atoms with E-state index in [4.69, 9.17) is 0 Å². The van der Waals surface area contributed by atoms with Crippen molar-refractivity contribution in [2.75, 3.05) is 10.2 Å².